The van der Waals surface area contributed by atoms with Crippen molar-refractivity contribution in [2.75, 3.05) is 0 Å². The van der Waals surface area contributed by atoms with Gasteiger partial charge in [-0.15, -0.1) is 22.7 Å². The third kappa shape index (κ3) is 4.89. The van der Waals surface area contributed by atoms with Gasteiger partial charge >= 0.3 is 0 Å². The van der Waals surface area contributed by atoms with Crippen molar-refractivity contribution in [2.45, 2.75) is 6.17 Å². The third-order valence-corrected chi connectivity index (χ3v) is 13.2. The smallest absolute Gasteiger partial charge is 0.170 e. The Morgan fingerprint density at radius 3 is 1.98 bits per heavy atom. The summed E-state index contributed by atoms with van der Waals surface area (Å²) in [6.07, 6.45) is -0.495. The lowest BCUT2D eigenvalue weighted by Crippen LogP contribution is -2.36. The van der Waals surface area contributed by atoms with Crippen molar-refractivity contribution in [3.05, 3.63) is 180 Å². The molecule has 0 bridgehead atoms. The van der Waals surface area contributed by atoms with Crippen molar-refractivity contribution >= 4 is 107 Å². The SMILES string of the molecule is c1ccc2cc(C3=NC(c4cccc5oc6cc(-c7cccc8sc9ccccc9c78)ccc6c45)N=C(c4ccc5c(c4)sc4ccccc45)N3)ccc2c1. The molecule has 1 unspecified atom stereocenters. The molecule has 0 amide bonds. The first-order chi connectivity index (χ1) is 27.2. The van der Waals surface area contributed by atoms with Crippen LogP contribution in [-0.2, 0) is 0 Å². The molecule has 3 aromatic heterocycles. The van der Waals surface area contributed by atoms with Gasteiger partial charge in [-0.2, -0.15) is 0 Å². The molecule has 6 heteroatoms. The van der Waals surface area contributed by atoms with E-state index in [1.165, 1.54) is 56.7 Å². The van der Waals surface area contributed by atoms with Crippen LogP contribution in [-0.4, -0.2) is 11.7 Å². The predicted molar refractivity (Wildman–Crippen MR) is 234 cm³/mol. The van der Waals surface area contributed by atoms with Gasteiger partial charge in [-0.1, -0.05) is 115 Å². The van der Waals surface area contributed by atoms with Gasteiger partial charge in [-0.3, -0.25) is 0 Å². The molecule has 0 aliphatic carbocycles. The molecule has 12 rings (SSSR count). The fourth-order valence-corrected chi connectivity index (χ4v) is 10.6. The maximum absolute atomic E-state index is 6.67. The van der Waals surface area contributed by atoms with Crippen molar-refractivity contribution in [1.82, 2.24) is 5.32 Å². The standard InChI is InChI=1S/C49H29N3OS2/c1-2-10-29-25-31(20-19-28(29)9-1)47-50-48(32-22-23-35-34-11-3-5-16-41(34)55-44(35)27-32)52-49(51-47)38-14-7-15-39-45(38)36-24-21-30(26-40(36)53-39)33-13-8-18-43-46(33)37-12-4-6-17-42(37)54-43/h1-27,49H,(H,50,51,52). The Bertz CT molecular complexity index is 3440. The summed E-state index contributed by atoms with van der Waals surface area (Å²) in [6.45, 7) is 0. The van der Waals surface area contributed by atoms with Crippen molar-refractivity contribution in [3.63, 3.8) is 0 Å². The zero-order chi connectivity index (χ0) is 36.0. The van der Waals surface area contributed by atoms with E-state index in [4.69, 9.17) is 14.4 Å². The van der Waals surface area contributed by atoms with E-state index in [1.54, 1.807) is 0 Å². The molecular weight excluding hydrogens is 711 g/mol. The van der Waals surface area contributed by atoms with E-state index in [9.17, 15) is 0 Å². The highest BCUT2D eigenvalue weighted by atomic mass is 32.1. The molecule has 0 saturated heterocycles. The summed E-state index contributed by atoms with van der Waals surface area (Å²) in [5.41, 5.74) is 7.08. The van der Waals surface area contributed by atoms with E-state index in [-0.39, 0.29) is 0 Å². The minimum absolute atomic E-state index is 0.495. The number of nitrogens with one attached hydrogen (secondary N) is 1. The fraction of sp³-hybridized carbons (Fsp3) is 0.0204. The third-order valence-electron chi connectivity index (χ3n) is 10.9. The molecule has 1 atom stereocenters. The van der Waals surface area contributed by atoms with E-state index in [1.807, 2.05) is 22.7 Å². The fourth-order valence-electron chi connectivity index (χ4n) is 8.34. The second kappa shape index (κ2) is 12.0. The number of rotatable bonds is 4. The van der Waals surface area contributed by atoms with Gasteiger partial charge < -0.3 is 9.73 Å². The van der Waals surface area contributed by atoms with Gasteiger partial charge in [0.25, 0.3) is 0 Å². The van der Waals surface area contributed by atoms with Crippen molar-refractivity contribution in [2.24, 2.45) is 9.98 Å². The molecule has 4 nitrogen and oxygen atoms in total. The van der Waals surface area contributed by atoms with Crippen LogP contribution in [0.2, 0.25) is 0 Å². The van der Waals surface area contributed by atoms with E-state index >= 15 is 0 Å². The van der Waals surface area contributed by atoms with E-state index in [0.29, 0.717) is 0 Å². The van der Waals surface area contributed by atoms with Crippen molar-refractivity contribution in [1.29, 1.82) is 0 Å². The summed E-state index contributed by atoms with van der Waals surface area (Å²) >= 11 is 3.66. The van der Waals surface area contributed by atoms with Gasteiger partial charge in [0.05, 0.1) is 0 Å². The van der Waals surface area contributed by atoms with Crippen LogP contribution in [0.15, 0.2) is 178 Å². The minimum Gasteiger partial charge on any atom is -0.456 e. The first kappa shape index (κ1) is 30.8. The van der Waals surface area contributed by atoms with E-state index in [2.05, 4.69) is 169 Å². The van der Waals surface area contributed by atoms with Crippen LogP contribution >= 0.6 is 22.7 Å². The van der Waals surface area contributed by atoms with Crippen molar-refractivity contribution in [3.8, 4) is 11.1 Å². The quantitative estimate of drug-likeness (QED) is 0.195. The van der Waals surface area contributed by atoms with Crippen LogP contribution in [0.5, 0.6) is 0 Å². The van der Waals surface area contributed by atoms with Crippen LogP contribution in [0, 0.1) is 0 Å². The number of fused-ring (bicyclic) bond motifs is 10. The number of benzene rings is 8. The Labute approximate surface area is 323 Å². The monoisotopic (exact) mass is 739 g/mol. The number of hydrogen-bond acceptors (Lipinski definition) is 6. The lowest BCUT2D eigenvalue weighted by molar-refractivity contribution is 0.668. The average molecular weight is 740 g/mol. The zero-order valence-electron chi connectivity index (χ0n) is 29.3. The van der Waals surface area contributed by atoms with E-state index < -0.39 is 6.17 Å². The Morgan fingerprint density at radius 1 is 0.436 bits per heavy atom. The van der Waals surface area contributed by atoms with Gasteiger partial charge in [-0.25, -0.2) is 9.98 Å². The highest BCUT2D eigenvalue weighted by Gasteiger charge is 2.25. The predicted octanol–water partition coefficient (Wildman–Crippen LogP) is 13.6. The normalized spacial score (nSPS) is 14.7. The highest BCUT2D eigenvalue weighted by molar-refractivity contribution is 7.26. The zero-order valence-corrected chi connectivity index (χ0v) is 30.9. The number of nitrogens with zero attached hydrogens (tertiary/aromatic N) is 2. The van der Waals surface area contributed by atoms with Crippen LogP contribution in [0.25, 0.3) is 84.2 Å². The lowest BCUT2D eigenvalue weighted by atomic mass is 9.97. The highest BCUT2D eigenvalue weighted by Crippen LogP contribution is 2.43. The van der Waals surface area contributed by atoms with Gasteiger partial charge in [0.1, 0.15) is 22.8 Å². The molecule has 0 radical (unpaired) electrons. The van der Waals surface area contributed by atoms with Crippen LogP contribution < -0.4 is 5.32 Å². The van der Waals surface area contributed by atoms with Gasteiger partial charge in [-0.05, 0) is 70.4 Å². The maximum Gasteiger partial charge on any atom is 0.170 e. The summed E-state index contributed by atoms with van der Waals surface area (Å²) in [5.74, 6) is 1.59. The molecule has 0 fully saturated rings. The molecular formula is C49H29N3OS2. The average Bonchev–Trinajstić information content (AvgIpc) is 3.94. The Kier molecular flexibility index (Phi) is 6.70. The van der Waals surface area contributed by atoms with Crippen LogP contribution in [0.3, 0.4) is 0 Å². The topological polar surface area (TPSA) is 49.9 Å². The van der Waals surface area contributed by atoms with Gasteiger partial charge in [0, 0.05) is 67.8 Å². The first-order valence-corrected chi connectivity index (χ1v) is 20.0. The first-order valence-electron chi connectivity index (χ1n) is 18.4. The molecule has 258 valence electrons. The van der Waals surface area contributed by atoms with Gasteiger partial charge in [0.2, 0.25) is 0 Å². The molecule has 8 aromatic carbocycles. The molecule has 1 aliphatic rings. The molecule has 0 spiro atoms. The Hall–Kier alpha value is -6.60. The molecule has 0 saturated carbocycles. The van der Waals surface area contributed by atoms with Crippen molar-refractivity contribution < 1.29 is 4.42 Å². The number of furan rings is 1. The molecule has 1 N–H and O–H groups in total. The number of thiophene rings is 2. The summed E-state index contributed by atoms with van der Waals surface area (Å²) in [7, 11) is 0. The number of amidine groups is 2. The summed E-state index contributed by atoms with van der Waals surface area (Å²) in [6, 6.07) is 58.4. The second-order valence-corrected chi connectivity index (χ2v) is 16.3. The second-order valence-electron chi connectivity index (χ2n) is 14.1. The maximum atomic E-state index is 6.67. The largest absolute Gasteiger partial charge is 0.456 e. The number of aliphatic imine (C=N–C) groups is 2. The number of hydrogen-bond donors (Lipinski definition) is 1. The lowest BCUT2D eigenvalue weighted by Gasteiger charge is -2.23. The van der Waals surface area contributed by atoms with Crippen LogP contribution in [0.1, 0.15) is 22.9 Å². The summed E-state index contributed by atoms with van der Waals surface area (Å²) in [5, 5.41) is 13.2. The summed E-state index contributed by atoms with van der Waals surface area (Å²) in [4.78, 5) is 10.7. The molecule has 1 aliphatic heterocycles. The summed E-state index contributed by atoms with van der Waals surface area (Å²) < 4.78 is 11.8. The minimum atomic E-state index is -0.495. The van der Waals surface area contributed by atoms with Gasteiger partial charge in [0.15, 0.2) is 6.17 Å². The van der Waals surface area contributed by atoms with Crippen LogP contribution in [0.4, 0.5) is 0 Å². The molecule has 11 aromatic rings. The molecule has 55 heavy (non-hydrogen) atoms. The Morgan fingerprint density at radius 2 is 1.09 bits per heavy atom. The van der Waals surface area contributed by atoms with E-state index in [0.717, 1.165) is 55.9 Å². The molecule has 4 heterocycles. The Balaban J connectivity index is 1.02.